The summed E-state index contributed by atoms with van der Waals surface area (Å²) < 4.78 is 23.2. The third-order valence-corrected chi connectivity index (χ3v) is 2.78. The van der Waals surface area contributed by atoms with Crippen molar-refractivity contribution in [3.63, 3.8) is 0 Å². The molecule has 0 bridgehead atoms. The van der Waals surface area contributed by atoms with E-state index in [9.17, 15) is 9.18 Å². The van der Waals surface area contributed by atoms with Crippen LogP contribution in [0.25, 0.3) is 0 Å². The van der Waals surface area contributed by atoms with Crippen molar-refractivity contribution in [2.75, 3.05) is 24.7 Å². The Hall–Kier alpha value is -2.64. The zero-order valence-corrected chi connectivity index (χ0v) is 11.6. The number of carbonyl (C=O) groups excluding carboxylic acids is 1. The SMILES string of the molecule is COC(=O)c1cc(NCCc2noc(C)n2)c(F)cc1N. The summed E-state index contributed by atoms with van der Waals surface area (Å²) in [5.41, 5.74) is 5.88. The molecule has 0 aliphatic carbocycles. The van der Waals surface area contributed by atoms with Crippen molar-refractivity contribution in [2.45, 2.75) is 13.3 Å². The van der Waals surface area contributed by atoms with Crippen molar-refractivity contribution < 1.29 is 18.4 Å². The van der Waals surface area contributed by atoms with E-state index in [2.05, 4.69) is 20.2 Å². The number of rotatable bonds is 5. The molecule has 0 radical (unpaired) electrons. The van der Waals surface area contributed by atoms with E-state index in [-0.39, 0.29) is 16.9 Å². The number of anilines is 2. The highest BCUT2D eigenvalue weighted by Gasteiger charge is 2.14. The number of halogens is 1. The first-order chi connectivity index (χ1) is 10.0. The lowest BCUT2D eigenvalue weighted by molar-refractivity contribution is 0.0602. The summed E-state index contributed by atoms with van der Waals surface area (Å²) in [4.78, 5) is 15.5. The van der Waals surface area contributed by atoms with Gasteiger partial charge in [-0.1, -0.05) is 5.16 Å². The number of benzene rings is 1. The van der Waals surface area contributed by atoms with Crippen molar-refractivity contribution in [1.82, 2.24) is 10.1 Å². The Morgan fingerprint density at radius 2 is 2.29 bits per heavy atom. The standard InChI is InChI=1S/C13H15FN4O3/c1-7-17-12(18-21-7)3-4-16-11-5-8(13(19)20-2)10(15)6-9(11)14/h5-6,16H,3-4,15H2,1-2H3. The van der Waals surface area contributed by atoms with E-state index in [4.69, 9.17) is 10.3 Å². The van der Waals surface area contributed by atoms with Crippen molar-refractivity contribution in [3.05, 3.63) is 35.2 Å². The molecule has 0 aliphatic rings. The van der Waals surface area contributed by atoms with E-state index in [1.807, 2.05) is 0 Å². The molecule has 0 fully saturated rings. The van der Waals surface area contributed by atoms with Crippen LogP contribution in [-0.4, -0.2) is 29.8 Å². The Morgan fingerprint density at radius 1 is 1.52 bits per heavy atom. The molecule has 0 unspecified atom stereocenters. The zero-order chi connectivity index (χ0) is 15.4. The molecule has 0 saturated heterocycles. The van der Waals surface area contributed by atoms with Gasteiger partial charge in [-0.25, -0.2) is 9.18 Å². The molecular formula is C13H15FN4O3. The fourth-order valence-corrected chi connectivity index (χ4v) is 1.76. The average molecular weight is 294 g/mol. The lowest BCUT2D eigenvalue weighted by atomic mass is 10.1. The first-order valence-corrected chi connectivity index (χ1v) is 6.21. The second kappa shape index (κ2) is 6.21. The molecule has 7 nitrogen and oxygen atoms in total. The van der Waals surface area contributed by atoms with Crippen LogP contribution in [-0.2, 0) is 11.2 Å². The van der Waals surface area contributed by atoms with Gasteiger partial charge in [-0.2, -0.15) is 4.98 Å². The number of ether oxygens (including phenoxy) is 1. The van der Waals surface area contributed by atoms with Crippen LogP contribution in [0.4, 0.5) is 15.8 Å². The van der Waals surface area contributed by atoms with Crippen LogP contribution < -0.4 is 11.1 Å². The minimum absolute atomic E-state index is 0.0266. The summed E-state index contributed by atoms with van der Waals surface area (Å²) in [5, 5.41) is 6.59. The fraction of sp³-hybridized carbons (Fsp3) is 0.308. The van der Waals surface area contributed by atoms with E-state index in [1.165, 1.54) is 13.2 Å². The number of aryl methyl sites for hydroxylation is 1. The predicted octanol–water partition coefficient (Wildman–Crippen LogP) is 1.54. The number of nitrogens with one attached hydrogen (secondary N) is 1. The van der Waals surface area contributed by atoms with Crippen LogP contribution >= 0.6 is 0 Å². The summed E-state index contributed by atoms with van der Waals surface area (Å²) in [7, 11) is 1.23. The minimum atomic E-state index is -0.621. The Morgan fingerprint density at radius 3 is 2.90 bits per heavy atom. The van der Waals surface area contributed by atoms with Gasteiger partial charge in [0, 0.05) is 25.6 Å². The Balaban J connectivity index is 2.07. The van der Waals surface area contributed by atoms with Crippen LogP contribution in [0.1, 0.15) is 22.1 Å². The largest absolute Gasteiger partial charge is 0.465 e. The number of nitrogens with zero attached hydrogens (tertiary/aromatic N) is 2. The van der Waals surface area contributed by atoms with Crippen molar-refractivity contribution in [3.8, 4) is 0 Å². The van der Waals surface area contributed by atoms with Gasteiger partial charge in [-0.15, -0.1) is 0 Å². The first kappa shape index (κ1) is 14.8. The summed E-state index contributed by atoms with van der Waals surface area (Å²) >= 11 is 0. The van der Waals surface area contributed by atoms with Crippen molar-refractivity contribution in [1.29, 1.82) is 0 Å². The van der Waals surface area contributed by atoms with E-state index in [1.54, 1.807) is 6.92 Å². The van der Waals surface area contributed by atoms with Crippen LogP contribution in [0.15, 0.2) is 16.7 Å². The van der Waals surface area contributed by atoms with Crippen molar-refractivity contribution in [2.24, 2.45) is 0 Å². The second-order valence-corrected chi connectivity index (χ2v) is 4.32. The highest BCUT2D eigenvalue weighted by Crippen LogP contribution is 2.22. The molecule has 2 rings (SSSR count). The average Bonchev–Trinajstić information content (AvgIpc) is 2.86. The van der Waals surface area contributed by atoms with Gasteiger partial charge in [0.2, 0.25) is 5.89 Å². The summed E-state index contributed by atoms with van der Waals surface area (Å²) in [6.07, 6.45) is 0.453. The molecule has 1 aromatic heterocycles. The quantitative estimate of drug-likeness (QED) is 0.636. The monoisotopic (exact) mass is 294 g/mol. The van der Waals surface area contributed by atoms with Crippen LogP contribution in [0.3, 0.4) is 0 Å². The smallest absolute Gasteiger partial charge is 0.340 e. The predicted molar refractivity (Wildman–Crippen MR) is 73.4 cm³/mol. The maximum Gasteiger partial charge on any atom is 0.340 e. The minimum Gasteiger partial charge on any atom is -0.465 e. The van der Waals surface area contributed by atoms with E-state index < -0.39 is 11.8 Å². The van der Waals surface area contributed by atoms with Gasteiger partial charge in [0.1, 0.15) is 5.82 Å². The van der Waals surface area contributed by atoms with Gasteiger partial charge in [0.15, 0.2) is 5.82 Å². The number of aromatic nitrogens is 2. The molecule has 1 aromatic carbocycles. The number of methoxy groups -OCH3 is 1. The third kappa shape index (κ3) is 3.47. The molecule has 1 heterocycles. The lowest BCUT2D eigenvalue weighted by Crippen LogP contribution is -2.11. The molecule has 0 atom stereocenters. The van der Waals surface area contributed by atoms with Crippen LogP contribution in [0.2, 0.25) is 0 Å². The molecular weight excluding hydrogens is 279 g/mol. The summed E-state index contributed by atoms with van der Waals surface area (Å²) in [6.45, 7) is 2.06. The van der Waals surface area contributed by atoms with Gasteiger partial charge in [0.25, 0.3) is 0 Å². The second-order valence-electron chi connectivity index (χ2n) is 4.32. The Labute approximate surface area is 120 Å². The summed E-state index contributed by atoms with van der Waals surface area (Å²) in [6, 6.07) is 2.39. The number of nitrogen functional groups attached to an aromatic ring is 1. The third-order valence-electron chi connectivity index (χ3n) is 2.78. The fourth-order valence-electron chi connectivity index (χ4n) is 1.76. The molecule has 2 aromatic rings. The molecule has 0 aliphatic heterocycles. The van der Waals surface area contributed by atoms with Gasteiger partial charge >= 0.3 is 5.97 Å². The van der Waals surface area contributed by atoms with E-state index in [0.29, 0.717) is 24.7 Å². The van der Waals surface area contributed by atoms with Gasteiger partial charge in [-0.05, 0) is 12.1 Å². The number of nitrogens with two attached hydrogens (primary N) is 1. The lowest BCUT2D eigenvalue weighted by Gasteiger charge is -2.10. The summed E-state index contributed by atoms with van der Waals surface area (Å²) in [5.74, 6) is -0.186. The van der Waals surface area contributed by atoms with Gasteiger partial charge in [0.05, 0.1) is 18.4 Å². The number of hydrogen-bond acceptors (Lipinski definition) is 7. The maximum atomic E-state index is 13.8. The van der Waals surface area contributed by atoms with Crippen LogP contribution in [0.5, 0.6) is 0 Å². The highest BCUT2D eigenvalue weighted by atomic mass is 19.1. The Bertz CT molecular complexity index is 657. The molecule has 21 heavy (non-hydrogen) atoms. The molecule has 8 heteroatoms. The van der Waals surface area contributed by atoms with E-state index >= 15 is 0 Å². The highest BCUT2D eigenvalue weighted by molar-refractivity contribution is 5.96. The molecule has 112 valence electrons. The normalized spacial score (nSPS) is 10.4. The zero-order valence-electron chi connectivity index (χ0n) is 11.6. The number of hydrogen-bond donors (Lipinski definition) is 2. The number of esters is 1. The topological polar surface area (TPSA) is 103 Å². The molecule has 3 N–H and O–H groups in total. The van der Waals surface area contributed by atoms with Crippen LogP contribution in [0, 0.1) is 12.7 Å². The molecule has 0 spiro atoms. The Kier molecular flexibility index (Phi) is 4.36. The molecule has 0 amide bonds. The van der Waals surface area contributed by atoms with Gasteiger partial charge < -0.3 is 20.3 Å². The van der Waals surface area contributed by atoms with Crippen molar-refractivity contribution >= 4 is 17.3 Å². The van der Waals surface area contributed by atoms with E-state index in [0.717, 1.165) is 6.07 Å². The van der Waals surface area contributed by atoms with Gasteiger partial charge in [-0.3, -0.25) is 0 Å². The first-order valence-electron chi connectivity index (χ1n) is 6.21. The number of carbonyl (C=O) groups is 1. The maximum absolute atomic E-state index is 13.8. The molecule has 0 saturated carbocycles.